The van der Waals surface area contributed by atoms with E-state index in [1.807, 2.05) is 30.9 Å². The van der Waals surface area contributed by atoms with Gasteiger partial charge in [-0.2, -0.15) is 5.10 Å². The Labute approximate surface area is 136 Å². The Kier molecular flexibility index (Phi) is 4.60. The van der Waals surface area contributed by atoms with Crippen molar-refractivity contribution < 1.29 is 4.79 Å². The first-order valence-electron chi connectivity index (χ1n) is 8.17. The molecule has 1 atom stereocenters. The van der Waals surface area contributed by atoms with Crippen LogP contribution in [-0.4, -0.2) is 32.7 Å². The topological polar surface area (TPSA) is 73.9 Å². The summed E-state index contributed by atoms with van der Waals surface area (Å²) in [4.78, 5) is 18.9. The van der Waals surface area contributed by atoms with Gasteiger partial charge in [0.15, 0.2) is 0 Å². The molecule has 0 saturated carbocycles. The second-order valence-electron chi connectivity index (χ2n) is 6.05. The zero-order valence-electron chi connectivity index (χ0n) is 13.7. The molecule has 1 aliphatic rings. The molecule has 0 radical (unpaired) electrons. The highest BCUT2D eigenvalue weighted by atomic mass is 16.2. The SMILES string of the molecule is Cc1n[nH]c(C)c1C1CCCCCN1C(=O)Nc1ccccn1. The summed E-state index contributed by atoms with van der Waals surface area (Å²) in [7, 11) is 0. The predicted molar refractivity (Wildman–Crippen MR) is 89.2 cm³/mol. The van der Waals surface area contributed by atoms with Crippen LogP contribution in [0.1, 0.15) is 48.7 Å². The fourth-order valence-electron chi connectivity index (χ4n) is 3.32. The van der Waals surface area contributed by atoms with Gasteiger partial charge < -0.3 is 4.90 Å². The molecule has 0 spiro atoms. The molecule has 2 N–H and O–H groups in total. The Balaban J connectivity index is 1.85. The largest absolute Gasteiger partial charge is 0.323 e. The zero-order chi connectivity index (χ0) is 16.2. The minimum absolute atomic E-state index is 0.0694. The maximum absolute atomic E-state index is 12.8. The standard InChI is InChI=1S/C17H23N5O/c1-12-16(13(2)21-20-12)14-8-4-3-7-11-22(14)17(23)19-15-9-5-6-10-18-15/h5-6,9-10,14H,3-4,7-8,11H2,1-2H3,(H,20,21)(H,18,19,23). The van der Waals surface area contributed by atoms with Gasteiger partial charge in [0.2, 0.25) is 0 Å². The molecule has 1 aliphatic heterocycles. The van der Waals surface area contributed by atoms with E-state index in [1.54, 1.807) is 12.3 Å². The summed E-state index contributed by atoms with van der Waals surface area (Å²) >= 11 is 0. The smallest absolute Gasteiger partial charge is 0.317 e. The molecule has 122 valence electrons. The van der Waals surface area contributed by atoms with Crippen LogP contribution in [0.3, 0.4) is 0 Å². The van der Waals surface area contributed by atoms with Crippen LogP contribution >= 0.6 is 0 Å². The number of hydrogen-bond acceptors (Lipinski definition) is 3. The number of carbonyl (C=O) groups is 1. The number of hydrogen-bond donors (Lipinski definition) is 2. The van der Waals surface area contributed by atoms with Gasteiger partial charge in [-0.1, -0.05) is 18.9 Å². The number of rotatable bonds is 2. The van der Waals surface area contributed by atoms with Crippen LogP contribution in [0.2, 0.25) is 0 Å². The molecule has 1 unspecified atom stereocenters. The van der Waals surface area contributed by atoms with Crippen molar-refractivity contribution >= 4 is 11.8 Å². The van der Waals surface area contributed by atoms with Crippen LogP contribution in [0.5, 0.6) is 0 Å². The molecule has 0 bridgehead atoms. The van der Waals surface area contributed by atoms with Crippen molar-refractivity contribution in [1.82, 2.24) is 20.1 Å². The van der Waals surface area contributed by atoms with Gasteiger partial charge in [0.05, 0.1) is 11.7 Å². The fraction of sp³-hybridized carbons (Fsp3) is 0.471. The summed E-state index contributed by atoms with van der Waals surface area (Å²) < 4.78 is 0. The van der Waals surface area contributed by atoms with Gasteiger partial charge in [-0.3, -0.25) is 10.4 Å². The lowest BCUT2D eigenvalue weighted by molar-refractivity contribution is 0.189. The molecule has 0 aromatic carbocycles. The van der Waals surface area contributed by atoms with Gasteiger partial charge in [-0.15, -0.1) is 0 Å². The minimum Gasteiger partial charge on any atom is -0.317 e. The Bertz CT molecular complexity index is 647. The molecule has 2 amide bonds. The number of aryl methyl sites for hydroxylation is 2. The van der Waals surface area contributed by atoms with E-state index in [2.05, 4.69) is 20.5 Å². The molecule has 2 aromatic heterocycles. The predicted octanol–water partition coefficient (Wildman–Crippen LogP) is 3.57. The van der Waals surface area contributed by atoms with Gasteiger partial charge in [-0.05, 0) is 38.8 Å². The number of pyridine rings is 1. The minimum atomic E-state index is -0.0874. The third-order valence-corrected chi connectivity index (χ3v) is 4.43. The van der Waals surface area contributed by atoms with E-state index in [-0.39, 0.29) is 12.1 Å². The molecule has 2 aromatic rings. The van der Waals surface area contributed by atoms with Gasteiger partial charge in [0.25, 0.3) is 0 Å². The van der Waals surface area contributed by atoms with Crippen molar-refractivity contribution in [2.24, 2.45) is 0 Å². The highest BCUT2D eigenvalue weighted by Gasteiger charge is 2.30. The lowest BCUT2D eigenvalue weighted by Crippen LogP contribution is -2.38. The van der Waals surface area contributed by atoms with E-state index in [4.69, 9.17) is 0 Å². The van der Waals surface area contributed by atoms with E-state index in [0.717, 1.165) is 49.2 Å². The second-order valence-corrected chi connectivity index (χ2v) is 6.05. The number of amides is 2. The van der Waals surface area contributed by atoms with E-state index in [0.29, 0.717) is 5.82 Å². The first-order chi connectivity index (χ1) is 11.2. The summed E-state index contributed by atoms with van der Waals surface area (Å²) in [6.45, 7) is 4.78. The van der Waals surface area contributed by atoms with E-state index in [1.165, 1.54) is 0 Å². The number of likely N-dealkylation sites (tertiary alicyclic amines) is 1. The third-order valence-electron chi connectivity index (χ3n) is 4.43. The maximum atomic E-state index is 12.8. The van der Waals surface area contributed by atoms with Gasteiger partial charge >= 0.3 is 6.03 Å². The van der Waals surface area contributed by atoms with Crippen LogP contribution in [-0.2, 0) is 0 Å². The van der Waals surface area contributed by atoms with Crippen molar-refractivity contribution in [1.29, 1.82) is 0 Å². The highest BCUT2D eigenvalue weighted by molar-refractivity contribution is 5.88. The number of anilines is 1. The van der Waals surface area contributed by atoms with Crippen molar-refractivity contribution in [2.75, 3.05) is 11.9 Å². The summed E-state index contributed by atoms with van der Waals surface area (Å²) in [5.41, 5.74) is 3.18. The fourth-order valence-corrected chi connectivity index (χ4v) is 3.32. The maximum Gasteiger partial charge on any atom is 0.323 e. The van der Waals surface area contributed by atoms with E-state index < -0.39 is 0 Å². The first kappa shape index (κ1) is 15.5. The summed E-state index contributed by atoms with van der Waals surface area (Å²) in [5.74, 6) is 0.584. The highest BCUT2D eigenvalue weighted by Crippen LogP contribution is 2.33. The van der Waals surface area contributed by atoms with Crippen molar-refractivity contribution in [3.8, 4) is 0 Å². The molecule has 0 aliphatic carbocycles. The number of nitrogens with zero attached hydrogens (tertiary/aromatic N) is 3. The number of aromatic nitrogens is 3. The number of aromatic amines is 1. The Morgan fingerprint density at radius 3 is 2.87 bits per heavy atom. The molecule has 1 saturated heterocycles. The number of carbonyl (C=O) groups excluding carboxylic acids is 1. The van der Waals surface area contributed by atoms with Crippen LogP contribution in [0.4, 0.5) is 10.6 Å². The van der Waals surface area contributed by atoms with Crippen LogP contribution in [0, 0.1) is 13.8 Å². The van der Waals surface area contributed by atoms with Gasteiger partial charge in [0, 0.05) is 24.0 Å². The molecule has 23 heavy (non-hydrogen) atoms. The Morgan fingerprint density at radius 2 is 2.17 bits per heavy atom. The first-order valence-corrected chi connectivity index (χ1v) is 8.17. The molecule has 3 heterocycles. The third kappa shape index (κ3) is 3.36. The lowest BCUT2D eigenvalue weighted by Gasteiger charge is -2.30. The normalized spacial score (nSPS) is 18.5. The zero-order valence-corrected chi connectivity index (χ0v) is 13.7. The van der Waals surface area contributed by atoms with Crippen molar-refractivity contribution in [3.05, 3.63) is 41.3 Å². The molecule has 3 rings (SSSR count). The van der Waals surface area contributed by atoms with Gasteiger partial charge in [-0.25, -0.2) is 9.78 Å². The molecular weight excluding hydrogens is 290 g/mol. The van der Waals surface area contributed by atoms with Crippen molar-refractivity contribution in [2.45, 2.75) is 45.6 Å². The van der Waals surface area contributed by atoms with Gasteiger partial charge in [0.1, 0.15) is 5.82 Å². The number of nitrogens with one attached hydrogen (secondary N) is 2. The average molecular weight is 313 g/mol. The molecule has 1 fully saturated rings. The number of urea groups is 1. The van der Waals surface area contributed by atoms with E-state index >= 15 is 0 Å². The van der Waals surface area contributed by atoms with Crippen molar-refractivity contribution in [3.63, 3.8) is 0 Å². The number of H-pyrrole nitrogens is 1. The monoisotopic (exact) mass is 313 g/mol. The quantitative estimate of drug-likeness (QED) is 0.890. The molecule has 6 heteroatoms. The Hall–Kier alpha value is -2.37. The Morgan fingerprint density at radius 1 is 1.30 bits per heavy atom. The molecule has 6 nitrogen and oxygen atoms in total. The summed E-state index contributed by atoms with van der Waals surface area (Å²) in [5, 5.41) is 10.3. The lowest BCUT2D eigenvalue weighted by atomic mass is 9.99. The summed E-state index contributed by atoms with van der Waals surface area (Å²) in [6, 6.07) is 5.49. The van der Waals surface area contributed by atoms with Crippen LogP contribution in [0.25, 0.3) is 0 Å². The summed E-state index contributed by atoms with van der Waals surface area (Å²) in [6.07, 6.45) is 5.96. The second kappa shape index (κ2) is 6.81. The van der Waals surface area contributed by atoms with Crippen LogP contribution in [0.15, 0.2) is 24.4 Å². The van der Waals surface area contributed by atoms with Crippen LogP contribution < -0.4 is 5.32 Å². The average Bonchev–Trinajstić information content (AvgIpc) is 2.76. The molecular formula is C17H23N5O. The van der Waals surface area contributed by atoms with E-state index in [9.17, 15) is 4.79 Å².